The van der Waals surface area contributed by atoms with Gasteiger partial charge in [0.05, 0.1) is 11.8 Å². The summed E-state index contributed by atoms with van der Waals surface area (Å²) in [4.78, 5) is 4.29. The van der Waals surface area contributed by atoms with E-state index in [0.717, 1.165) is 37.6 Å². The highest BCUT2D eigenvalue weighted by molar-refractivity contribution is 7.14. The van der Waals surface area contributed by atoms with Crippen molar-refractivity contribution in [2.45, 2.75) is 18.9 Å². The number of thiazole rings is 1. The summed E-state index contributed by atoms with van der Waals surface area (Å²) in [6.07, 6.45) is 2.35. The molecule has 1 atom stereocenters. The fourth-order valence-corrected chi connectivity index (χ4v) is 2.90. The van der Waals surface area contributed by atoms with Gasteiger partial charge in [-0.15, -0.1) is 11.3 Å². The van der Waals surface area contributed by atoms with Crippen molar-refractivity contribution in [3.63, 3.8) is 0 Å². The molecule has 1 aliphatic rings. The number of hydrogen-bond donors (Lipinski definition) is 1. The first-order chi connectivity index (χ1) is 9.72. The van der Waals surface area contributed by atoms with E-state index in [4.69, 9.17) is 4.74 Å². The van der Waals surface area contributed by atoms with Crippen LogP contribution >= 0.6 is 11.3 Å². The van der Waals surface area contributed by atoms with Crippen molar-refractivity contribution < 1.29 is 13.5 Å². The van der Waals surface area contributed by atoms with Crippen LogP contribution in [0.25, 0.3) is 11.3 Å². The monoisotopic (exact) mass is 296 g/mol. The lowest BCUT2D eigenvalue weighted by molar-refractivity contribution is 0.120. The quantitative estimate of drug-likeness (QED) is 0.934. The maximum atomic E-state index is 13.7. The summed E-state index contributed by atoms with van der Waals surface area (Å²) in [7, 11) is 0. The van der Waals surface area contributed by atoms with Gasteiger partial charge in [-0.1, -0.05) is 0 Å². The highest BCUT2D eigenvalue weighted by Gasteiger charge is 2.16. The van der Waals surface area contributed by atoms with Crippen molar-refractivity contribution in [3.05, 3.63) is 35.2 Å². The average molecular weight is 296 g/mol. The van der Waals surface area contributed by atoms with Crippen LogP contribution in [0.3, 0.4) is 0 Å². The molecule has 1 N–H and O–H groups in total. The van der Waals surface area contributed by atoms with Crippen LogP contribution in [0.2, 0.25) is 0 Å². The molecule has 1 aliphatic heterocycles. The molecule has 0 aliphatic carbocycles. The van der Waals surface area contributed by atoms with Gasteiger partial charge in [0.1, 0.15) is 11.6 Å². The van der Waals surface area contributed by atoms with Gasteiger partial charge in [0.15, 0.2) is 5.13 Å². The molecule has 0 amide bonds. The lowest BCUT2D eigenvalue weighted by Gasteiger charge is -2.09. The smallest absolute Gasteiger partial charge is 0.183 e. The van der Waals surface area contributed by atoms with Crippen LogP contribution in [0, 0.1) is 11.6 Å². The molecular weight excluding hydrogens is 282 g/mol. The predicted octanol–water partition coefficient (Wildman–Crippen LogP) is 3.68. The van der Waals surface area contributed by atoms with Crippen molar-refractivity contribution >= 4 is 16.5 Å². The summed E-state index contributed by atoms with van der Waals surface area (Å²) in [6, 6.07) is 3.37. The molecule has 3 nitrogen and oxygen atoms in total. The summed E-state index contributed by atoms with van der Waals surface area (Å²) in [5, 5.41) is 5.59. The highest BCUT2D eigenvalue weighted by atomic mass is 32.1. The molecule has 0 saturated carbocycles. The number of aromatic nitrogens is 1. The van der Waals surface area contributed by atoms with Crippen molar-refractivity contribution in [1.29, 1.82) is 0 Å². The molecule has 3 rings (SSSR count). The molecule has 2 aromatic rings. The number of anilines is 1. The first kappa shape index (κ1) is 13.5. The third-order valence-electron chi connectivity index (χ3n) is 3.21. The topological polar surface area (TPSA) is 34.1 Å². The number of nitrogens with zero attached hydrogens (tertiary/aromatic N) is 1. The van der Waals surface area contributed by atoms with E-state index in [1.807, 2.05) is 0 Å². The number of nitrogens with one attached hydrogen (secondary N) is 1. The van der Waals surface area contributed by atoms with Crippen LogP contribution in [0.5, 0.6) is 0 Å². The zero-order valence-electron chi connectivity index (χ0n) is 10.7. The first-order valence-corrected chi connectivity index (χ1v) is 7.37. The first-order valence-electron chi connectivity index (χ1n) is 6.49. The molecule has 0 bridgehead atoms. The van der Waals surface area contributed by atoms with E-state index in [-0.39, 0.29) is 11.7 Å². The lowest BCUT2D eigenvalue weighted by atomic mass is 10.1. The van der Waals surface area contributed by atoms with Crippen molar-refractivity contribution in [2.24, 2.45) is 0 Å². The molecule has 0 radical (unpaired) electrons. The van der Waals surface area contributed by atoms with E-state index >= 15 is 0 Å². The van der Waals surface area contributed by atoms with Crippen LogP contribution in [-0.2, 0) is 4.74 Å². The van der Waals surface area contributed by atoms with Gasteiger partial charge in [0.2, 0.25) is 0 Å². The number of benzene rings is 1. The molecule has 1 aromatic heterocycles. The molecule has 1 saturated heterocycles. The maximum absolute atomic E-state index is 13.7. The molecule has 2 heterocycles. The number of ether oxygens (including phenoxy) is 1. The van der Waals surface area contributed by atoms with E-state index < -0.39 is 11.6 Å². The third-order valence-corrected chi connectivity index (χ3v) is 4.01. The van der Waals surface area contributed by atoms with Crippen LogP contribution in [0.1, 0.15) is 12.8 Å². The number of rotatable bonds is 4. The Kier molecular flexibility index (Phi) is 3.93. The Bertz CT molecular complexity index is 597. The second-order valence-corrected chi connectivity index (χ2v) is 5.54. The Labute approximate surface area is 119 Å². The molecule has 6 heteroatoms. The summed E-state index contributed by atoms with van der Waals surface area (Å²) in [6.45, 7) is 1.50. The summed E-state index contributed by atoms with van der Waals surface area (Å²) in [5.74, 6) is -0.939. The number of halogens is 2. The summed E-state index contributed by atoms with van der Waals surface area (Å²) >= 11 is 1.38. The molecule has 1 fully saturated rings. The zero-order chi connectivity index (χ0) is 13.9. The van der Waals surface area contributed by atoms with E-state index in [1.54, 1.807) is 5.38 Å². The summed E-state index contributed by atoms with van der Waals surface area (Å²) < 4.78 is 32.3. The summed E-state index contributed by atoms with van der Waals surface area (Å²) in [5.41, 5.74) is 0.633. The number of hydrogen-bond acceptors (Lipinski definition) is 4. The second kappa shape index (κ2) is 5.85. The SMILES string of the molecule is Fc1ccc(F)c(-c2csc(NC[C@@H]3CCCO3)n2)c1. The van der Waals surface area contributed by atoms with Crippen LogP contribution in [0.15, 0.2) is 23.6 Å². The predicted molar refractivity (Wildman–Crippen MR) is 74.9 cm³/mol. The molecule has 106 valence electrons. The Hall–Kier alpha value is -1.53. The van der Waals surface area contributed by atoms with Gasteiger partial charge in [-0.05, 0) is 31.0 Å². The minimum absolute atomic E-state index is 0.186. The fraction of sp³-hybridized carbons (Fsp3) is 0.357. The van der Waals surface area contributed by atoms with Gasteiger partial charge in [-0.3, -0.25) is 0 Å². The standard InChI is InChI=1S/C14H14F2N2OS/c15-9-3-4-12(16)11(6-9)13-8-20-14(18-13)17-7-10-2-1-5-19-10/h3-4,6,8,10H,1-2,5,7H2,(H,17,18)/t10-/m0/s1. The van der Waals surface area contributed by atoms with Crippen LogP contribution < -0.4 is 5.32 Å². The van der Waals surface area contributed by atoms with Gasteiger partial charge in [-0.25, -0.2) is 13.8 Å². The molecular formula is C14H14F2N2OS. The van der Waals surface area contributed by atoms with Gasteiger partial charge in [0, 0.05) is 24.1 Å². The zero-order valence-corrected chi connectivity index (χ0v) is 11.6. The highest BCUT2D eigenvalue weighted by Crippen LogP contribution is 2.27. The van der Waals surface area contributed by atoms with Gasteiger partial charge in [0.25, 0.3) is 0 Å². The van der Waals surface area contributed by atoms with Crippen molar-refractivity contribution in [2.75, 3.05) is 18.5 Å². The largest absolute Gasteiger partial charge is 0.376 e. The average Bonchev–Trinajstić information content (AvgIpc) is 3.10. The minimum Gasteiger partial charge on any atom is -0.376 e. The third kappa shape index (κ3) is 2.96. The minimum atomic E-state index is -0.470. The molecule has 20 heavy (non-hydrogen) atoms. The van der Waals surface area contributed by atoms with Crippen LogP contribution in [-0.4, -0.2) is 24.2 Å². The Morgan fingerprint density at radius 2 is 2.30 bits per heavy atom. The van der Waals surface area contributed by atoms with Gasteiger partial charge in [-0.2, -0.15) is 0 Å². The lowest BCUT2D eigenvalue weighted by Crippen LogP contribution is -2.18. The van der Waals surface area contributed by atoms with Gasteiger partial charge < -0.3 is 10.1 Å². The Balaban J connectivity index is 1.71. The van der Waals surface area contributed by atoms with E-state index in [9.17, 15) is 8.78 Å². The van der Waals surface area contributed by atoms with Gasteiger partial charge >= 0.3 is 0 Å². The van der Waals surface area contributed by atoms with E-state index in [0.29, 0.717) is 17.4 Å². The van der Waals surface area contributed by atoms with Crippen molar-refractivity contribution in [3.8, 4) is 11.3 Å². The molecule has 0 spiro atoms. The van der Waals surface area contributed by atoms with E-state index in [2.05, 4.69) is 10.3 Å². The molecule has 0 unspecified atom stereocenters. The van der Waals surface area contributed by atoms with E-state index in [1.165, 1.54) is 11.3 Å². The maximum Gasteiger partial charge on any atom is 0.183 e. The van der Waals surface area contributed by atoms with Crippen molar-refractivity contribution in [1.82, 2.24) is 4.98 Å². The van der Waals surface area contributed by atoms with Crippen LogP contribution in [0.4, 0.5) is 13.9 Å². The Morgan fingerprint density at radius 3 is 3.10 bits per heavy atom. The fourth-order valence-electron chi connectivity index (χ4n) is 2.18. The normalized spacial score (nSPS) is 18.4. The Morgan fingerprint density at radius 1 is 1.40 bits per heavy atom. The molecule has 1 aromatic carbocycles. The second-order valence-electron chi connectivity index (χ2n) is 4.68.